The topological polar surface area (TPSA) is 45.2 Å². The number of carbonyl (C=O) groups excluding carboxylic acids is 1. The largest absolute Gasteiger partial charge is 0.495 e. The fourth-order valence-corrected chi connectivity index (χ4v) is 5.01. The lowest BCUT2D eigenvalue weighted by Crippen LogP contribution is -2.51. The van der Waals surface area contributed by atoms with Gasteiger partial charge in [-0.05, 0) is 36.4 Å². The molecule has 1 aromatic heterocycles. The van der Waals surface area contributed by atoms with Crippen LogP contribution in [-0.2, 0) is 16.1 Å². The van der Waals surface area contributed by atoms with Gasteiger partial charge in [-0.2, -0.15) is 0 Å². The molecule has 2 fully saturated rings. The molecular weight excluding hydrogens is 398 g/mol. The number of thiophene rings is 1. The lowest BCUT2D eigenvalue weighted by molar-refractivity contribution is -0.133. The van der Waals surface area contributed by atoms with Crippen molar-refractivity contribution in [2.24, 2.45) is 0 Å². The number of hydrogen-bond donors (Lipinski definition) is 0. The molecule has 0 saturated carbocycles. The Morgan fingerprint density at radius 3 is 2.73 bits per heavy atom. The van der Waals surface area contributed by atoms with Crippen LogP contribution in [-0.4, -0.2) is 74.8 Å². The second kappa shape index (κ2) is 10.3. The Hall–Kier alpha value is -2.09. The minimum atomic E-state index is 0.212. The predicted molar refractivity (Wildman–Crippen MR) is 120 cm³/mol. The van der Waals surface area contributed by atoms with Crippen molar-refractivity contribution in [3.63, 3.8) is 0 Å². The Bertz CT molecular complexity index is 800. The summed E-state index contributed by atoms with van der Waals surface area (Å²) < 4.78 is 11.3. The fourth-order valence-electron chi connectivity index (χ4n) is 4.26. The zero-order chi connectivity index (χ0) is 20.8. The average molecular weight is 430 g/mol. The van der Waals surface area contributed by atoms with Crippen LogP contribution in [0.15, 0.2) is 41.8 Å². The highest BCUT2D eigenvalue weighted by Gasteiger charge is 2.26. The van der Waals surface area contributed by atoms with Crippen molar-refractivity contribution in [1.82, 2.24) is 9.80 Å². The first kappa shape index (κ1) is 21.2. The Balaban J connectivity index is 1.33. The van der Waals surface area contributed by atoms with Gasteiger partial charge in [0.2, 0.25) is 5.91 Å². The molecule has 0 N–H and O–H groups in total. The SMILES string of the molecule is COc1ccccc1N1CCN(C(=O)CN(Cc2cccs2)CC2CCCO2)CC1. The van der Waals surface area contributed by atoms with Crippen molar-refractivity contribution in [3.05, 3.63) is 46.7 Å². The number of ether oxygens (including phenoxy) is 2. The monoisotopic (exact) mass is 429 g/mol. The van der Waals surface area contributed by atoms with Crippen LogP contribution < -0.4 is 9.64 Å². The van der Waals surface area contributed by atoms with Crippen LogP contribution in [0.5, 0.6) is 5.75 Å². The third-order valence-corrected chi connectivity index (χ3v) is 6.72. The van der Waals surface area contributed by atoms with Gasteiger partial charge in [-0.1, -0.05) is 18.2 Å². The molecule has 30 heavy (non-hydrogen) atoms. The van der Waals surface area contributed by atoms with Crippen molar-refractivity contribution >= 4 is 22.9 Å². The Morgan fingerprint density at radius 1 is 1.20 bits per heavy atom. The number of rotatable bonds is 8. The van der Waals surface area contributed by atoms with E-state index in [1.54, 1.807) is 18.4 Å². The molecule has 4 rings (SSSR count). The van der Waals surface area contributed by atoms with Crippen molar-refractivity contribution in [2.45, 2.75) is 25.5 Å². The quantitative estimate of drug-likeness (QED) is 0.645. The van der Waals surface area contributed by atoms with Crippen molar-refractivity contribution in [1.29, 1.82) is 0 Å². The number of para-hydroxylation sites is 2. The minimum absolute atomic E-state index is 0.212. The molecule has 1 atom stereocenters. The third-order valence-electron chi connectivity index (χ3n) is 5.86. The number of methoxy groups -OCH3 is 1. The molecule has 2 aliphatic rings. The molecular formula is C23H31N3O3S. The van der Waals surface area contributed by atoms with Gasteiger partial charge in [-0.3, -0.25) is 9.69 Å². The van der Waals surface area contributed by atoms with Crippen LogP contribution in [0.25, 0.3) is 0 Å². The van der Waals surface area contributed by atoms with E-state index in [0.29, 0.717) is 6.54 Å². The van der Waals surface area contributed by atoms with Crippen LogP contribution >= 0.6 is 11.3 Å². The molecule has 6 nitrogen and oxygen atoms in total. The highest BCUT2D eigenvalue weighted by molar-refractivity contribution is 7.09. The molecule has 162 valence electrons. The summed E-state index contributed by atoms with van der Waals surface area (Å²) in [7, 11) is 1.70. The van der Waals surface area contributed by atoms with E-state index in [0.717, 1.165) is 70.2 Å². The first-order chi connectivity index (χ1) is 14.7. The van der Waals surface area contributed by atoms with E-state index >= 15 is 0 Å². The van der Waals surface area contributed by atoms with E-state index in [2.05, 4.69) is 33.4 Å². The molecule has 2 aromatic rings. The van der Waals surface area contributed by atoms with Crippen LogP contribution in [0.2, 0.25) is 0 Å². The summed E-state index contributed by atoms with van der Waals surface area (Å²) in [5.41, 5.74) is 1.10. The predicted octanol–water partition coefficient (Wildman–Crippen LogP) is 3.09. The summed E-state index contributed by atoms with van der Waals surface area (Å²) in [6.45, 7) is 6.05. The standard InChI is InChI=1S/C23H31N3O3S/c1-28-22-9-3-2-8-21(22)25-10-12-26(13-11-25)23(27)18-24(16-19-6-4-14-29-19)17-20-7-5-15-30-20/h2-3,5,7-9,15,19H,4,6,10-14,16-18H2,1H3. The Morgan fingerprint density at radius 2 is 2.03 bits per heavy atom. The van der Waals surface area contributed by atoms with Crippen LogP contribution in [0.3, 0.4) is 0 Å². The van der Waals surface area contributed by atoms with E-state index in [4.69, 9.17) is 9.47 Å². The van der Waals surface area contributed by atoms with Gasteiger partial charge >= 0.3 is 0 Å². The van der Waals surface area contributed by atoms with E-state index in [1.807, 2.05) is 23.1 Å². The van der Waals surface area contributed by atoms with Gasteiger partial charge < -0.3 is 19.3 Å². The molecule has 3 heterocycles. The Kier molecular flexibility index (Phi) is 7.25. The number of anilines is 1. The molecule has 1 amide bonds. The van der Waals surface area contributed by atoms with Gasteiger partial charge in [0.05, 0.1) is 25.4 Å². The summed E-state index contributed by atoms with van der Waals surface area (Å²) >= 11 is 1.75. The molecule has 1 aromatic carbocycles. The molecule has 2 aliphatic heterocycles. The van der Waals surface area contributed by atoms with Gasteiger partial charge in [0.25, 0.3) is 0 Å². The van der Waals surface area contributed by atoms with Gasteiger partial charge in [0, 0.05) is 50.8 Å². The van der Waals surface area contributed by atoms with Gasteiger partial charge in [0.1, 0.15) is 5.75 Å². The number of hydrogen-bond acceptors (Lipinski definition) is 6. The molecule has 0 bridgehead atoms. The minimum Gasteiger partial charge on any atom is -0.495 e. The van der Waals surface area contributed by atoms with Gasteiger partial charge in [-0.15, -0.1) is 11.3 Å². The van der Waals surface area contributed by atoms with E-state index in [1.165, 1.54) is 4.88 Å². The summed E-state index contributed by atoms with van der Waals surface area (Å²) in [5.74, 6) is 1.10. The van der Waals surface area contributed by atoms with Crippen molar-refractivity contribution in [3.8, 4) is 5.75 Å². The zero-order valence-electron chi connectivity index (χ0n) is 17.7. The van der Waals surface area contributed by atoms with E-state index in [9.17, 15) is 4.79 Å². The molecule has 0 aliphatic carbocycles. The van der Waals surface area contributed by atoms with Gasteiger partial charge in [-0.25, -0.2) is 0 Å². The van der Waals surface area contributed by atoms with Crippen LogP contribution in [0.4, 0.5) is 5.69 Å². The average Bonchev–Trinajstić information content (AvgIpc) is 3.48. The maximum absolute atomic E-state index is 13.1. The number of benzene rings is 1. The summed E-state index contributed by atoms with van der Waals surface area (Å²) in [6.07, 6.45) is 2.46. The third kappa shape index (κ3) is 5.33. The maximum Gasteiger partial charge on any atom is 0.236 e. The zero-order valence-corrected chi connectivity index (χ0v) is 18.5. The second-order valence-corrected chi connectivity index (χ2v) is 8.96. The smallest absolute Gasteiger partial charge is 0.236 e. The lowest BCUT2D eigenvalue weighted by atomic mass is 10.2. The highest BCUT2D eigenvalue weighted by Crippen LogP contribution is 2.28. The Labute approximate surface area is 183 Å². The molecule has 0 spiro atoms. The lowest BCUT2D eigenvalue weighted by Gasteiger charge is -2.37. The maximum atomic E-state index is 13.1. The normalized spacial score (nSPS) is 19.5. The van der Waals surface area contributed by atoms with Crippen LogP contribution in [0, 0.1) is 0 Å². The fraction of sp³-hybridized carbons (Fsp3) is 0.522. The number of amides is 1. The number of nitrogens with zero attached hydrogens (tertiary/aromatic N) is 3. The van der Waals surface area contributed by atoms with E-state index < -0.39 is 0 Å². The van der Waals surface area contributed by atoms with Crippen molar-refractivity contribution in [2.75, 3.05) is 57.9 Å². The molecule has 2 saturated heterocycles. The highest BCUT2D eigenvalue weighted by atomic mass is 32.1. The van der Waals surface area contributed by atoms with E-state index in [-0.39, 0.29) is 12.0 Å². The first-order valence-corrected chi connectivity index (χ1v) is 11.6. The second-order valence-electron chi connectivity index (χ2n) is 7.92. The van der Waals surface area contributed by atoms with Crippen molar-refractivity contribution < 1.29 is 14.3 Å². The summed E-state index contributed by atoms with van der Waals surface area (Å²) in [4.78, 5) is 20.9. The molecule has 1 unspecified atom stereocenters. The first-order valence-electron chi connectivity index (χ1n) is 10.7. The number of carbonyl (C=O) groups is 1. The summed E-state index contributed by atoms with van der Waals surface area (Å²) in [5, 5.41) is 2.10. The molecule has 7 heteroatoms. The van der Waals surface area contributed by atoms with Gasteiger partial charge in [0.15, 0.2) is 0 Å². The molecule has 0 radical (unpaired) electrons. The van der Waals surface area contributed by atoms with Crippen LogP contribution in [0.1, 0.15) is 17.7 Å². The number of piperazine rings is 1. The summed E-state index contributed by atoms with van der Waals surface area (Å²) in [6, 6.07) is 12.3.